The Bertz CT molecular complexity index is 616. The van der Waals surface area contributed by atoms with Gasteiger partial charge in [-0.3, -0.25) is 9.98 Å². The van der Waals surface area contributed by atoms with E-state index in [-0.39, 0.29) is 0 Å². The largest absolute Gasteiger partial charge is 0.334 e. The Hall–Kier alpha value is -1.55. The van der Waals surface area contributed by atoms with Crippen LogP contribution in [0.3, 0.4) is 0 Å². The standard InChI is InChI=1S/C15H17N3S/c1-10(2)14-9-19-15(18-14)17-13-7-3-6-12-11(13)5-4-8-16-12/h3-8,10,14H,9H2,1-2H3,(H,17,18)/t14-/m1/s1. The van der Waals surface area contributed by atoms with Crippen LogP contribution >= 0.6 is 11.8 Å². The summed E-state index contributed by atoms with van der Waals surface area (Å²) in [6.45, 7) is 4.44. The van der Waals surface area contributed by atoms with Gasteiger partial charge in [0.15, 0.2) is 5.17 Å². The van der Waals surface area contributed by atoms with Crippen LogP contribution < -0.4 is 5.32 Å². The molecule has 1 aromatic carbocycles. The van der Waals surface area contributed by atoms with E-state index >= 15 is 0 Å². The van der Waals surface area contributed by atoms with Gasteiger partial charge in [-0.15, -0.1) is 0 Å². The number of nitrogens with one attached hydrogen (secondary N) is 1. The molecule has 1 N–H and O–H groups in total. The van der Waals surface area contributed by atoms with Gasteiger partial charge >= 0.3 is 0 Å². The molecule has 1 aromatic heterocycles. The van der Waals surface area contributed by atoms with Crippen LogP contribution in [0, 0.1) is 5.92 Å². The first-order valence-electron chi connectivity index (χ1n) is 6.55. The summed E-state index contributed by atoms with van der Waals surface area (Å²) in [5.74, 6) is 1.67. The lowest BCUT2D eigenvalue weighted by Gasteiger charge is -2.09. The fourth-order valence-corrected chi connectivity index (χ4v) is 3.31. The van der Waals surface area contributed by atoms with Gasteiger partial charge in [-0.2, -0.15) is 0 Å². The van der Waals surface area contributed by atoms with Crippen molar-refractivity contribution in [1.29, 1.82) is 0 Å². The minimum absolute atomic E-state index is 0.431. The van der Waals surface area contributed by atoms with Gasteiger partial charge in [-0.05, 0) is 30.2 Å². The number of nitrogens with zero attached hydrogens (tertiary/aromatic N) is 2. The Balaban J connectivity index is 1.88. The molecule has 1 aliphatic rings. The molecule has 4 heteroatoms. The average Bonchev–Trinajstić information content (AvgIpc) is 2.88. The molecule has 2 heterocycles. The third kappa shape index (κ3) is 2.59. The number of amidine groups is 1. The van der Waals surface area contributed by atoms with Crippen LogP contribution in [0.1, 0.15) is 13.8 Å². The summed E-state index contributed by atoms with van der Waals surface area (Å²) in [7, 11) is 0. The summed E-state index contributed by atoms with van der Waals surface area (Å²) in [6, 6.07) is 10.6. The Kier molecular flexibility index (Phi) is 3.42. The molecule has 3 rings (SSSR count). The smallest absolute Gasteiger partial charge is 0.161 e. The van der Waals surface area contributed by atoms with Crippen molar-refractivity contribution < 1.29 is 0 Å². The third-order valence-corrected chi connectivity index (χ3v) is 4.32. The normalized spacial score (nSPS) is 18.9. The number of benzene rings is 1. The second-order valence-electron chi connectivity index (χ2n) is 5.06. The number of hydrogen-bond donors (Lipinski definition) is 1. The number of aliphatic imine (C=N–C) groups is 1. The molecule has 0 fully saturated rings. The van der Waals surface area contributed by atoms with Gasteiger partial charge in [0.25, 0.3) is 0 Å². The summed E-state index contributed by atoms with van der Waals surface area (Å²) in [4.78, 5) is 9.11. The maximum Gasteiger partial charge on any atom is 0.161 e. The quantitative estimate of drug-likeness (QED) is 0.903. The van der Waals surface area contributed by atoms with Gasteiger partial charge in [0.05, 0.1) is 11.6 Å². The molecule has 0 radical (unpaired) electrons. The molecular weight excluding hydrogens is 254 g/mol. The zero-order valence-electron chi connectivity index (χ0n) is 11.1. The predicted molar refractivity (Wildman–Crippen MR) is 83.9 cm³/mol. The predicted octanol–water partition coefficient (Wildman–Crippen LogP) is 3.77. The van der Waals surface area contributed by atoms with Crippen LogP contribution in [-0.4, -0.2) is 21.9 Å². The van der Waals surface area contributed by atoms with Crippen molar-refractivity contribution in [3.8, 4) is 0 Å². The number of anilines is 1. The van der Waals surface area contributed by atoms with E-state index < -0.39 is 0 Å². The van der Waals surface area contributed by atoms with Gasteiger partial charge in [0, 0.05) is 23.0 Å². The molecule has 0 amide bonds. The van der Waals surface area contributed by atoms with Crippen molar-refractivity contribution in [2.24, 2.45) is 10.9 Å². The van der Waals surface area contributed by atoms with Crippen LogP contribution in [0.15, 0.2) is 41.5 Å². The molecule has 0 aliphatic carbocycles. The monoisotopic (exact) mass is 271 g/mol. The molecule has 0 spiro atoms. The van der Waals surface area contributed by atoms with Crippen molar-refractivity contribution in [1.82, 2.24) is 4.98 Å². The zero-order valence-corrected chi connectivity index (χ0v) is 11.9. The van der Waals surface area contributed by atoms with E-state index in [1.165, 1.54) is 0 Å². The van der Waals surface area contributed by atoms with Gasteiger partial charge < -0.3 is 5.32 Å². The van der Waals surface area contributed by atoms with E-state index in [2.05, 4.69) is 36.3 Å². The summed E-state index contributed by atoms with van der Waals surface area (Å²) < 4.78 is 0. The van der Waals surface area contributed by atoms with Gasteiger partial charge in [0.2, 0.25) is 0 Å². The lowest BCUT2D eigenvalue weighted by Crippen LogP contribution is -2.12. The molecule has 19 heavy (non-hydrogen) atoms. The third-order valence-electron chi connectivity index (χ3n) is 3.33. The van der Waals surface area contributed by atoms with Crippen LogP contribution in [0.4, 0.5) is 5.69 Å². The molecule has 0 bridgehead atoms. The molecular formula is C15H17N3S. The number of aromatic nitrogens is 1. The first-order valence-corrected chi connectivity index (χ1v) is 7.54. The molecule has 98 valence electrons. The number of thioether (sulfide) groups is 1. The Morgan fingerprint density at radius 2 is 2.16 bits per heavy atom. The zero-order chi connectivity index (χ0) is 13.2. The molecule has 3 nitrogen and oxygen atoms in total. The average molecular weight is 271 g/mol. The number of rotatable bonds is 2. The molecule has 0 unspecified atom stereocenters. The highest BCUT2D eigenvalue weighted by atomic mass is 32.2. The summed E-state index contributed by atoms with van der Waals surface area (Å²) in [5, 5.41) is 5.60. The van der Waals surface area contributed by atoms with E-state index in [1.54, 1.807) is 11.8 Å². The van der Waals surface area contributed by atoms with Gasteiger partial charge in [-0.1, -0.05) is 31.7 Å². The van der Waals surface area contributed by atoms with Gasteiger partial charge in [-0.25, -0.2) is 0 Å². The van der Waals surface area contributed by atoms with Gasteiger partial charge in [0.1, 0.15) is 0 Å². The van der Waals surface area contributed by atoms with Crippen LogP contribution in [0.25, 0.3) is 10.9 Å². The van der Waals surface area contributed by atoms with E-state index in [0.717, 1.165) is 27.5 Å². The number of pyridine rings is 1. The van der Waals surface area contributed by atoms with Crippen molar-refractivity contribution >= 4 is 33.5 Å². The van der Waals surface area contributed by atoms with Crippen molar-refractivity contribution in [2.75, 3.05) is 11.1 Å². The highest BCUT2D eigenvalue weighted by molar-refractivity contribution is 8.14. The minimum atomic E-state index is 0.431. The van der Waals surface area contributed by atoms with Crippen molar-refractivity contribution in [2.45, 2.75) is 19.9 Å². The molecule has 1 aliphatic heterocycles. The fourth-order valence-electron chi connectivity index (χ4n) is 2.13. The SMILES string of the molecule is CC(C)[C@H]1CSC(Nc2cccc3ncccc23)=N1. The summed E-state index contributed by atoms with van der Waals surface area (Å²) in [6.07, 6.45) is 1.82. The Labute approximate surface area is 117 Å². The van der Waals surface area contributed by atoms with E-state index in [4.69, 9.17) is 4.99 Å². The highest BCUT2D eigenvalue weighted by Crippen LogP contribution is 2.27. The molecule has 1 atom stereocenters. The Morgan fingerprint density at radius 1 is 1.26 bits per heavy atom. The number of hydrogen-bond acceptors (Lipinski definition) is 4. The van der Waals surface area contributed by atoms with Crippen LogP contribution in [-0.2, 0) is 0 Å². The minimum Gasteiger partial charge on any atom is -0.334 e. The van der Waals surface area contributed by atoms with E-state index in [9.17, 15) is 0 Å². The van der Waals surface area contributed by atoms with E-state index in [0.29, 0.717) is 12.0 Å². The van der Waals surface area contributed by atoms with Crippen molar-refractivity contribution in [3.05, 3.63) is 36.5 Å². The summed E-state index contributed by atoms with van der Waals surface area (Å²) >= 11 is 1.80. The topological polar surface area (TPSA) is 37.3 Å². The second kappa shape index (κ2) is 5.21. The second-order valence-corrected chi connectivity index (χ2v) is 6.07. The first-order chi connectivity index (χ1) is 9.24. The number of fused-ring (bicyclic) bond motifs is 1. The fraction of sp³-hybridized carbons (Fsp3) is 0.333. The maximum atomic E-state index is 4.74. The maximum absolute atomic E-state index is 4.74. The lowest BCUT2D eigenvalue weighted by molar-refractivity contribution is 0.543. The lowest BCUT2D eigenvalue weighted by atomic mass is 10.1. The highest BCUT2D eigenvalue weighted by Gasteiger charge is 2.21. The molecule has 2 aromatic rings. The molecule has 0 saturated carbocycles. The first kappa shape index (κ1) is 12.5. The Morgan fingerprint density at radius 3 is 2.95 bits per heavy atom. The van der Waals surface area contributed by atoms with Crippen LogP contribution in [0.5, 0.6) is 0 Å². The van der Waals surface area contributed by atoms with E-state index in [1.807, 2.05) is 24.4 Å². The summed E-state index contributed by atoms with van der Waals surface area (Å²) in [5.41, 5.74) is 2.10. The van der Waals surface area contributed by atoms with Crippen molar-refractivity contribution in [3.63, 3.8) is 0 Å². The van der Waals surface area contributed by atoms with Crippen LogP contribution in [0.2, 0.25) is 0 Å². The molecule has 0 saturated heterocycles.